The SMILES string of the molecule is COc1ccc(CC(=O)c2c[nH]c3ccccc23)cc1OC. The number of rotatable bonds is 5. The van der Waals surface area contributed by atoms with E-state index < -0.39 is 0 Å². The smallest absolute Gasteiger partial charge is 0.169 e. The van der Waals surface area contributed by atoms with Crippen molar-refractivity contribution >= 4 is 16.7 Å². The summed E-state index contributed by atoms with van der Waals surface area (Å²) in [5.41, 5.74) is 2.58. The van der Waals surface area contributed by atoms with E-state index >= 15 is 0 Å². The minimum Gasteiger partial charge on any atom is -0.493 e. The van der Waals surface area contributed by atoms with E-state index in [-0.39, 0.29) is 5.78 Å². The van der Waals surface area contributed by atoms with E-state index in [4.69, 9.17) is 9.47 Å². The van der Waals surface area contributed by atoms with E-state index in [1.165, 1.54) is 0 Å². The maximum Gasteiger partial charge on any atom is 0.169 e. The third-order valence-corrected chi connectivity index (χ3v) is 3.70. The zero-order chi connectivity index (χ0) is 15.5. The zero-order valence-electron chi connectivity index (χ0n) is 12.6. The second kappa shape index (κ2) is 5.93. The van der Waals surface area contributed by atoms with Gasteiger partial charge in [-0.3, -0.25) is 4.79 Å². The number of hydrogen-bond donors (Lipinski definition) is 1. The van der Waals surface area contributed by atoms with Crippen LogP contribution in [0.3, 0.4) is 0 Å². The number of methoxy groups -OCH3 is 2. The van der Waals surface area contributed by atoms with E-state index in [0.29, 0.717) is 23.5 Å². The highest BCUT2D eigenvalue weighted by atomic mass is 16.5. The van der Waals surface area contributed by atoms with Gasteiger partial charge in [0.15, 0.2) is 17.3 Å². The quantitative estimate of drug-likeness (QED) is 0.732. The van der Waals surface area contributed by atoms with Gasteiger partial charge in [0.05, 0.1) is 14.2 Å². The number of fused-ring (bicyclic) bond motifs is 1. The molecule has 0 atom stereocenters. The Labute approximate surface area is 128 Å². The number of nitrogens with one attached hydrogen (secondary N) is 1. The van der Waals surface area contributed by atoms with Crippen molar-refractivity contribution in [1.29, 1.82) is 0 Å². The number of para-hydroxylation sites is 1. The van der Waals surface area contributed by atoms with E-state index in [1.807, 2.05) is 42.5 Å². The first-order valence-corrected chi connectivity index (χ1v) is 7.03. The average Bonchev–Trinajstić information content (AvgIpc) is 2.98. The number of ketones is 1. The Kier molecular flexibility index (Phi) is 3.83. The highest BCUT2D eigenvalue weighted by molar-refractivity contribution is 6.08. The third-order valence-electron chi connectivity index (χ3n) is 3.70. The second-order valence-electron chi connectivity index (χ2n) is 5.04. The molecule has 0 aliphatic carbocycles. The molecule has 1 N–H and O–H groups in total. The third kappa shape index (κ3) is 2.55. The molecule has 0 radical (unpaired) electrons. The summed E-state index contributed by atoms with van der Waals surface area (Å²) in [6, 6.07) is 13.3. The molecule has 0 unspecified atom stereocenters. The van der Waals surface area contributed by atoms with Gasteiger partial charge in [-0.1, -0.05) is 24.3 Å². The molecule has 3 aromatic rings. The fourth-order valence-electron chi connectivity index (χ4n) is 2.57. The molecule has 4 nitrogen and oxygen atoms in total. The van der Waals surface area contributed by atoms with E-state index in [1.54, 1.807) is 20.4 Å². The molecule has 0 aliphatic rings. The van der Waals surface area contributed by atoms with Crippen LogP contribution in [0.2, 0.25) is 0 Å². The molecular weight excluding hydrogens is 278 g/mol. The summed E-state index contributed by atoms with van der Waals surface area (Å²) in [7, 11) is 3.18. The lowest BCUT2D eigenvalue weighted by atomic mass is 10.0. The Hall–Kier alpha value is -2.75. The molecule has 0 fully saturated rings. The van der Waals surface area contributed by atoms with Crippen LogP contribution in [0.5, 0.6) is 11.5 Å². The predicted molar refractivity (Wildman–Crippen MR) is 85.9 cm³/mol. The molecule has 1 heterocycles. The zero-order valence-corrected chi connectivity index (χ0v) is 12.6. The molecule has 0 spiro atoms. The molecule has 0 saturated heterocycles. The number of aromatic amines is 1. The summed E-state index contributed by atoms with van der Waals surface area (Å²) in [6.45, 7) is 0. The van der Waals surface area contributed by atoms with Crippen molar-refractivity contribution < 1.29 is 14.3 Å². The Balaban J connectivity index is 1.88. The van der Waals surface area contributed by atoms with Crippen molar-refractivity contribution in [2.45, 2.75) is 6.42 Å². The van der Waals surface area contributed by atoms with Crippen molar-refractivity contribution in [3.05, 3.63) is 59.8 Å². The molecule has 2 aromatic carbocycles. The van der Waals surface area contributed by atoms with Crippen molar-refractivity contribution in [2.75, 3.05) is 14.2 Å². The fourth-order valence-corrected chi connectivity index (χ4v) is 2.57. The Bertz CT molecular complexity index is 820. The summed E-state index contributed by atoms with van der Waals surface area (Å²) in [5.74, 6) is 1.36. The number of Topliss-reactive ketones (excluding diaryl/α,β-unsaturated/α-hetero) is 1. The summed E-state index contributed by atoms with van der Waals surface area (Å²) >= 11 is 0. The van der Waals surface area contributed by atoms with Gasteiger partial charge < -0.3 is 14.5 Å². The minimum atomic E-state index is 0.0738. The Morgan fingerprint density at radius 3 is 2.59 bits per heavy atom. The molecule has 1 aromatic heterocycles. The van der Waals surface area contributed by atoms with Gasteiger partial charge in [0.1, 0.15) is 0 Å². The van der Waals surface area contributed by atoms with Gasteiger partial charge in [0.25, 0.3) is 0 Å². The molecule has 0 bridgehead atoms. The fraction of sp³-hybridized carbons (Fsp3) is 0.167. The van der Waals surface area contributed by atoms with Gasteiger partial charge in [-0.2, -0.15) is 0 Å². The van der Waals surface area contributed by atoms with Crippen molar-refractivity contribution in [2.24, 2.45) is 0 Å². The van der Waals surface area contributed by atoms with Crippen LogP contribution in [-0.4, -0.2) is 25.0 Å². The standard InChI is InChI=1S/C18H17NO3/c1-21-17-8-7-12(10-18(17)22-2)9-16(20)14-11-19-15-6-4-3-5-13(14)15/h3-8,10-11,19H,9H2,1-2H3. The minimum absolute atomic E-state index is 0.0738. The first-order valence-electron chi connectivity index (χ1n) is 7.03. The molecule has 0 saturated carbocycles. The number of hydrogen-bond acceptors (Lipinski definition) is 3. The molecule has 112 valence electrons. The van der Waals surface area contributed by atoms with Crippen molar-refractivity contribution in [3.8, 4) is 11.5 Å². The van der Waals surface area contributed by atoms with Crippen LogP contribution in [0.15, 0.2) is 48.7 Å². The lowest BCUT2D eigenvalue weighted by molar-refractivity contribution is 0.0994. The highest BCUT2D eigenvalue weighted by Crippen LogP contribution is 2.28. The monoisotopic (exact) mass is 295 g/mol. The van der Waals surface area contributed by atoms with Crippen LogP contribution in [0, 0.1) is 0 Å². The van der Waals surface area contributed by atoms with Crippen LogP contribution in [0.25, 0.3) is 10.9 Å². The largest absolute Gasteiger partial charge is 0.493 e. The topological polar surface area (TPSA) is 51.3 Å². The highest BCUT2D eigenvalue weighted by Gasteiger charge is 2.13. The van der Waals surface area contributed by atoms with Crippen LogP contribution in [0.4, 0.5) is 0 Å². The molecule has 22 heavy (non-hydrogen) atoms. The molecule has 4 heteroatoms. The number of aromatic nitrogens is 1. The number of carbonyl (C=O) groups is 1. The predicted octanol–water partition coefficient (Wildman–Crippen LogP) is 3.61. The van der Waals surface area contributed by atoms with Crippen LogP contribution >= 0.6 is 0 Å². The summed E-state index contributed by atoms with van der Waals surface area (Å²) < 4.78 is 10.5. The van der Waals surface area contributed by atoms with Crippen LogP contribution in [-0.2, 0) is 6.42 Å². The van der Waals surface area contributed by atoms with Gasteiger partial charge in [-0.15, -0.1) is 0 Å². The summed E-state index contributed by atoms with van der Waals surface area (Å²) in [6.07, 6.45) is 2.09. The average molecular weight is 295 g/mol. The van der Waals surface area contributed by atoms with Crippen LogP contribution in [0.1, 0.15) is 15.9 Å². The maximum atomic E-state index is 12.6. The number of carbonyl (C=O) groups excluding carboxylic acids is 1. The van der Waals surface area contributed by atoms with Crippen molar-refractivity contribution in [1.82, 2.24) is 4.98 Å². The summed E-state index contributed by atoms with van der Waals surface area (Å²) in [5, 5.41) is 0.952. The maximum absolute atomic E-state index is 12.6. The molecule has 3 rings (SSSR count). The lowest BCUT2D eigenvalue weighted by Crippen LogP contribution is -2.03. The van der Waals surface area contributed by atoms with E-state index in [9.17, 15) is 4.79 Å². The van der Waals surface area contributed by atoms with Gasteiger partial charge in [-0.05, 0) is 23.8 Å². The molecule has 0 amide bonds. The number of H-pyrrole nitrogens is 1. The molecule has 0 aliphatic heterocycles. The van der Waals surface area contributed by atoms with Gasteiger partial charge in [0, 0.05) is 29.1 Å². The molecular formula is C18H17NO3. The van der Waals surface area contributed by atoms with Gasteiger partial charge in [-0.25, -0.2) is 0 Å². The van der Waals surface area contributed by atoms with E-state index in [0.717, 1.165) is 16.5 Å². The number of ether oxygens (including phenoxy) is 2. The van der Waals surface area contributed by atoms with Crippen molar-refractivity contribution in [3.63, 3.8) is 0 Å². The Morgan fingerprint density at radius 1 is 1.05 bits per heavy atom. The second-order valence-corrected chi connectivity index (χ2v) is 5.04. The van der Waals surface area contributed by atoms with Gasteiger partial charge >= 0.3 is 0 Å². The van der Waals surface area contributed by atoms with Gasteiger partial charge in [0.2, 0.25) is 0 Å². The first kappa shape index (κ1) is 14.2. The lowest BCUT2D eigenvalue weighted by Gasteiger charge is -2.09. The first-order chi connectivity index (χ1) is 10.7. The van der Waals surface area contributed by atoms with E-state index in [2.05, 4.69) is 4.98 Å². The Morgan fingerprint density at radius 2 is 1.82 bits per heavy atom. The number of benzene rings is 2. The normalized spacial score (nSPS) is 10.6. The van der Waals surface area contributed by atoms with Crippen LogP contribution < -0.4 is 9.47 Å². The summed E-state index contributed by atoms with van der Waals surface area (Å²) in [4.78, 5) is 15.7.